The fourth-order valence-corrected chi connectivity index (χ4v) is 2.79. The Morgan fingerprint density at radius 2 is 1.61 bits per heavy atom. The van der Waals surface area contributed by atoms with Gasteiger partial charge in [0, 0.05) is 11.6 Å². The van der Waals surface area contributed by atoms with Gasteiger partial charge in [-0.2, -0.15) is 0 Å². The molecule has 2 aromatic rings. The van der Waals surface area contributed by atoms with Crippen molar-refractivity contribution in [1.29, 1.82) is 0 Å². The van der Waals surface area contributed by atoms with Crippen LogP contribution in [0.1, 0.15) is 5.56 Å². The molecule has 0 aromatic heterocycles. The summed E-state index contributed by atoms with van der Waals surface area (Å²) in [5, 5.41) is 2.18. The number of hydrogen-bond acceptors (Lipinski definition) is 6. The van der Waals surface area contributed by atoms with Gasteiger partial charge in [-0.1, -0.05) is 18.2 Å². The Morgan fingerprint density at radius 3 is 2.29 bits per heavy atom. The van der Waals surface area contributed by atoms with Crippen molar-refractivity contribution in [2.75, 3.05) is 26.2 Å². The van der Waals surface area contributed by atoms with E-state index in [1.165, 1.54) is 33.5 Å². The SMILES string of the molecule is COc1ccc(OC)c(N2C(=O)NC(=O)/C(=C\c3ccccc3OC)C2=O)c1. The summed E-state index contributed by atoms with van der Waals surface area (Å²) in [6.07, 6.45) is 1.38. The molecule has 0 spiro atoms. The molecule has 1 N–H and O–H groups in total. The van der Waals surface area contributed by atoms with E-state index in [2.05, 4.69) is 5.32 Å². The van der Waals surface area contributed by atoms with Gasteiger partial charge in [0.1, 0.15) is 22.8 Å². The van der Waals surface area contributed by atoms with E-state index in [4.69, 9.17) is 14.2 Å². The van der Waals surface area contributed by atoms with Gasteiger partial charge in [-0.05, 0) is 24.3 Å². The number of para-hydroxylation sites is 1. The van der Waals surface area contributed by atoms with Crippen molar-refractivity contribution in [3.8, 4) is 17.2 Å². The van der Waals surface area contributed by atoms with Gasteiger partial charge in [-0.3, -0.25) is 14.9 Å². The van der Waals surface area contributed by atoms with Crippen LogP contribution in [0, 0.1) is 0 Å². The molecule has 8 nitrogen and oxygen atoms in total. The van der Waals surface area contributed by atoms with E-state index in [9.17, 15) is 14.4 Å². The number of carbonyl (C=O) groups is 3. The summed E-state index contributed by atoms with van der Waals surface area (Å²) in [5.74, 6) is -0.401. The van der Waals surface area contributed by atoms with Crippen molar-refractivity contribution < 1.29 is 28.6 Å². The Balaban J connectivity index is 2.10. The first kappa shape index (κ1) is 19.0. The van der Waals surface area contributed by atoms with Gasteiger partial charge in [-0.15, -0.1) is 0 Å². The number of carbonyl (C=O) groups excluding carboxylic acids is 3. The molecule has 0 bridgehead atoms. The van der Waals surface area contributed by atoms with E-state index in [0.29, 0.717) is 17.1 Å². The Labute approximate surface area is 161 Å². The lowest BCUT2D eigenvalue weighted by Crippen LogP contribution is -2.54. The zero-order valence-corrected chi connectivity index (χ0v) is 15.5. The summed E-state index contributed by atoms with van der Waals surface area (Å²) in [4.78, 5) is 38.7. The fourth-order valence-electron chi connectivity index (χ4n) is 2.79. The molecular formula is C20H18N2O6. The van der Waals surface area contributed by atoms with Crippen molar-refractivity contribution in [3.63, 3.8) is 0 Å². The minimum absolute atomic E-state index is 0.155. The first-order valence-electron chi connectivity index (χ1n) is 8.26. The number of rotatable bonds is 5. The van der Waals surface area contributed by atoms with Crippen LogP contribution in [0.3, 0.4) is 0 Å². The Bertz CT molecular complexity index is 982. The predicted octanol–water partition coefficient (Wildman–Crippen LogP) is 2.38. The molecule has 3 rings (SSSR count). The smallest absolute Gasteiger partial charge is 0.336 e. The number of nitrogens with zero attached hydrogens (tertiary/aromatic N) is 1. The van der Waals surface area contributed by atoms with Crippen LogP contribution in [-0.2, 0) is 9.59 Å². The second kappa shape index (κ2) is 7.83. The number of ether oxygens (including phenoxy) is 3. The third-order valence-electron chi connectivity index (χ3n) is 4.17. The molecule has 28 heavy (non-hydrogen) atoms. The maximum absolute atomic E-state index is 13.1. The number of amides is 4. The van der Waals surface area contributed by atoms with Crippen molar-refractivity contribution in [3.05, 3.63) is 53.6 Å². The average molecular weight is 382 g/mol. The lowest BCUT2D eigenvalue weighted by atomic mass is 10.1. The van der Waals surface area contributed by atoms with Gasteiger partial charge >= 0.3 is 6.03 Å². The largest absolute Gasteiger partial charge is 0.497 e. The molecule has 144 valence electrons. The highest BCUT2D eigenvalue weighted by Gasteiger charge is 2.38. The third kappa shape index (κ3) is 3.39. The van der Waals surface area contributed by atoms with Gasteiger partial charge in [0.15, 0.2) is 0 Å². The van der Waals surface area contributed by atoms with E-state index in [0.717, 1.165) is 4.90 Å². The second-order valence-electron chi connectivity index (χ2n) is 5.74. The molecule has 0 saturated carbocycles. The number of hydrogen-bond donors (Lipinski definition) is 1. The van der Waals surface area contributed by atoms with Crippen LogP contribution in [0.2, 0.25) is 0 Å². The molecule has 4 amide bonds. The van der Waals surface area contributed by atoms with Gasteiger partial charge in [-0.25, -0.2) is 9.69 Å². The standard InChI is InChI=1S/C20H18N2O6/c1-26-13-8-9-17(28-3)15(11-13)22-19(24)14(18(23)21-20(22)25)10-12-6-4-5-7-16(12)27-2/h4-11H,1-3H3,(H,21,23,25)/b14-10+. The monoisotopic (exact) mass is 382 g/mol. The highest BCUT2D eigenvalue weighted by Crippen LogP contribution is 2.34. The zero-order valence-electron chi connectivity index (χ0n) is 15.5. The maximum atomic E-state index is 13.1. The minimum atomic E-state index is -0.876. The van der Waals surface area contributed by atoms with Gasteiger partial charge in [0.05, 0.1) is 27.0 Å². The number of anilines is 1. The lowest BCUT2D eigenvalue weighted by Gasteiger charge is -2.27. The second-order valence-corrected chi connectivity index (χ2v) is 5.74. The molecule has 0 unspecified atom stereocenters. The molecule has 0 aliphatic carbocycles. The van der Waals surface area contributed by atoms with Crippen LogP contribution in [-0.4, -0.2) is 39.2 Å². The Morgan fingerprint density at radius 1 is 0.893 bits per heavy atom. The number of urea groups is 1. The summed E-state index contributed by atoms with van der Waals surface area (Å²) < 4.78 is 15.7. The molecule has 1 aliphatic rings. The average Bonchev–Trinajstić information content (AvgIpc) is 2.71. The quantitative estimate of drug-likeness (QED) is 0.630. The molecule has 8 heteroatoms. The Kier molecular flexibility index (Phi) is 5.30. The molecule has 2 aromatic carbocycles. The third-order valence-corrected chi connectivity index (χ3v) is 4.17. The summed E-state index contributed by atoms with van der Waals surface area (Å²) in [6.45, 7) is 0. The van der Waals surface area contributed by atoms with Gasteiger partial charge < -0.3 is 14.2 Å². The van der Waals surface area contributed by atoms with Crippen LogP contribution in [0.15, 0.2) is 48.0 Å². The first-order chi connectivity index (χ1) is 13.5. The lowest BCUT2D eigenvalue weighted by molar-refractivity contribution is -0.122. The molecule has 0 atom stereocenters. The summed E-state index contributed by atoms with van der Waals surface area (Å²) in [5.41, 5.74) is 0.465. The van der Waals surface area contributed by atoms with Crippen molar-refractivity contribution in [2.45, 2.75) is 0 Å². The summed E-state index contributed by atoms with van der Waals surface area (Å²) >= 11 is 0. The van der Waals surface area contributed by atoms with Crippen molar-refractivity contribution in [1.82, 2.24) is 5.32 Å². The maximum Gasteiger partial charge on any atom is 0.336 e. The zero-order chi connectivity index (χ0) is 20.3. The number of benzene rings is 2. The molecule has 0 radical (unpaired) electrons. The van der Waals surface area contributed by atoms with Crippen LogP contribution in [0.25, 0.3) is 6.08 Å². The van der Waals surface area contributed by atoms with Crippen LogP contribution < -0.4 is 24.4 Å². The predicted molar refractivity (Wildman–Crippen MR) is 102 cm³/mol. The van der Waals surface area contributed by atoms with Crippen molar-refractivity contribution >= 4 is 29.6 Å². The van der Waals surface area contributed by atoms with Gasteiger partial charge in [0.2, 0.25) is 0 Å². The normalized spacial score (nSPS) is 15.5. The number of nitrogens with one attached hydrogen (secondary N) is 1. The molecule has 1 heterocycles. The highest BCUT2D eigenvalue weighted by molar-refractivity contribution is 6.39. The topological polar surface area (TPSA) is 94.2 Å². The molecule has 1 fully saturated rings. The van der Waals surface area contributed by atoms with E-state index >= 15 is 0 Å². The van der Waals surface area contributed by atoms with Gasteiger partial charge in [0.25, 0.3) is 11.8 Å². The van der Waals surface area contributed by atoms with E-state index in [1.54, 1.807) is 36.4 Å². The molecule has 1 saturated heterocycles. The first-order valence-corrected chi connectivity index (χ1v) is 8.26. The molecule has 1 aliphatic heterocycles. The highest BCUT2D eigenvalue weighted by atomic mass is 16.5. The van der Waals surface area contributed by atoms with E-state index < -0.39 is 17.8 Å². The number of imide groups is 2. The number of methoxy groups -OCH3 is 3. The summed E-state index contributed by atoms with van der Waals surface area (Å²) in [7, 11) is 4.35. The Hall–Kier alpha value is -3.81. The van der Waals surface area contributed by atoms with Crippen LogP contribution >= 0.6 is 0 Å². The van der Waals surface area contributed by atoms with Crippen LogP contribution in [0.5, 0.6) is 17.2 Å². The van der Waals surface area contributed by atoms with E-state index in [-0.39, 0.29) is 17.0 Å². The van der Waals surface area contributed by atoms with E-state index in [1.807, 2.05) is 0 Å². The minimum Gasteiger partial charge on any atom is -0.497 e. The summed E-state index contributed by atoms with van der Waals surface area (Å²) in [6, 6.07) is 10.7. The fraction of sp³-hybridized carbons (Fsp3) is 0.150. The van der Waals surface area contributed by atoms with Crippen molar-refractivity contribution in [2.24, 2.45) is 0 Å². The molecular weight excluding hydrogens is 364 g/mol. The number of barbiturate groups is 1. The van der Waals surface area contributed by atoms with Crippen LogP contribution in [0.4, 0.5) is 10.5 Å².